The Hall–Kier alpha value is -1.50. The molecule has 0 saturated carbocycles. The number of hydrogen-bond acceptors (Lipinski definition) is 6. The average Bonchev–Trinajstić information content (AvgIpc) is 2.42. The fraction of sp³-hybridized carbons (Fsp3) is 0.538. The predicted octanol–water partition coefficient (Wildman–Crippen LogP) is 0.245. The lowest BCUT2D eigenvalue weighted by molar-refractivity contribution is 0.270. The fourth-order valence-electron chi connectivity index (χ4n) is 1.47. The third kappa shape index (κ3) is 5.78. The Balaban J connectivity index is 2.69. The van der Waals surface area contributed by atoms with Gasteiger partial charge in [0.15, 0.2) is 11.5 Å². The van der Waals surface area contributed by atoms with Gasteiger partial charge in [-0.2, -0.15) is 0 Å². The fourth-order valence-corrected chi connectivity index (χ4v) is 1.47. The van der Waals surface area contributed by atoms with Crippen LogP contribution in [0.2, 0.25) is 0 Å². The summed E-state index contributed by atoms with van der Waals surface area (Å²) in [6, 6.07) is 5.50. The normalized spacial score (nSPS) is 10.3. The first kappa shape index (κ1) is 15.6. The summed E-state index contributed by atoms with van der Waals surface area (Å²) in [5.41, 5.74) is 0.794. The smallest absolute Gasteiger partial charge is 0.163 e. The minimum atomic E-state index is -0.115. The number of benzene rings is 1. The van der Waals surface area contributed by atoms with Crippen molar-refractivity contribution in [1.29, 1.82) is 0 Å². The lowest BCUT2D eigenvalue weighted by Gasteiger charge is -2.14. The van der Waals surface area contributed by atoms with E-state index in [2.05, 4.69) is 16.0 Å². The number of aliphatic hydroxyl groups is 1. The van der Waals surface area contributed by atoms with Crippen LogP contribution in [0.25, 0.3) is 0 Å². The first-order valence-corrected chi connectivity index (χ1v) is 6.35. The highest BCUT2D eigenvalue weighted by molar-refractivity contribution is 5.54. The molecule has 4 N–H and O–H groups in total. The SMILES string of the molecule is CNCCOc1ccc(NCO)cc1OCCNC. The molecule has 0 bridgehead atoms. The van der Waals surface area contributed by atoms with Crippen molar-refractivity contribution in [2.45, 2.75) is 0 Å². The predicted molar refractivity (Wildman–Crippen MR) is 76.0 cm³/mol. The van der Waals surface area contributed by atoms with Gasteiger partial charge in [0, 0.05) is 24.8 Å². The van der Waals surface area contributed by atoms with Gasteiger partial charge in [-0.25, -0.2) is 0 Å². The Morgan fingerprint density at radius 3 is 2.21 bits per heavy atom. The second kappa shape index (κ2) is 9.43. The van der Waals surface area contributed by atoms with Crippen LogP contribution in [0.15, 0.2) is 18.2 Å². The number of hydrogen-bond donors (Lipinski definition) is 4. The molecule has 1 aromatic carbocycles. The second-order valence-electron chi connectivity index (χ2n) is 3.90. The van der Waals surface area contributed by atoms with E-state index in [-0.39, 0.29) is 6.73 Å². The van der Waals surface area contributed by atoms with E-state index in [1.807, 2.05) is 32.3 Å². The quantitative estimate of drug-likeness (QED) is 0.360. The van der Waals surface area contributed by atoms with Crippen LogP contribution in [0.3, 0.4) is 0 Å². The zero-order valence-corrected chi connectivity index (χ0v) is 11.5. The Morgan fingerprint density at radius 2 is 1.63 bits per heavy atom. The molecular formula is C13H23N3O3. The molecule has 0 heterocycles. The number of nitrogens with one attached hydrogen (secondary N) is 3. The lowest BCUT2D eigenvalue weighted by Crippen LogP contribution is -2.18. The molecule has 108 valence electrons. The molecule has 0 aliphatic carbocycles. The summed E-state index contributed by atoms with van der Waals surface area (Å²) in [6.45, 7) is 2.54. The molecular weight excluding hydrogens is 246 g/mol. The summed E-state index contributed by atoms with van der Waals surface area (Å²) in [5, 5.41) is 17.7. The van der Waals surface area contributed by atoms with E-state index < -0.39 is 0 Å². The highest BCUT2D eigenvalue weighted by Gasteiger charge is 2.06. The van der Waals surface area contributed by atoms with Crippen molar-refractivity contribution in [1.82, 2.24) is 10.6 Å². The van der Waals surface area contributed by atoms with Gasteiger partial charge >= 0.3 is 0 Å². The molecule has 1 rings (SSSR count). The van der Waals surface area contributed by atoms with E-state index in [1.165, 1.54) is 0 Å². The number of likely N-dealkylation sites (N-methyl/N-ethyl adjacent to an activating group) is 2. The van der Waals surface area contributed by atoms with Crippen LogP contribution in [-0.2, 0) is 0 Å². The minimum absolute atomic E-state index is 0.115. The lowest BCUT2D eigenvalue weighted by atomic mass is 10.2. The highest BCUT2D eigenvalue weighted by atomic mass is 16.5. The van der Waals surface area contributed by atoms with Crippen LogP contribution in [0.4, 0.5) is 5.69 Å². The van der Waals surface area contributed by atoms with E-state index in [1.54, 1.807) is 0 Å². The van der Waals surface area contributed by atoms with Gasteiger partial charge in [0.2, 0.25) is 0 Å². The first-order chi connectivity index (χ1) is 9.31. The maximum Gasteiger partial charge on any atom is 0.163 e. The van der Waals surface area contributed by atoms with E-state index in [0.717, 1.165) is 18.8 Å². The van der Waals surface area contributed by atoms with Crippen LogP contribution in [-0.4, -0.2) is 52.2 Å². The van der Waals surface area contributed by atoms with Gasteiger partial charge in [-0.15, -0.1) is 0 Å². The molecule has 0 atom stereocenters. The molecule has 0 fully saturated rings. The minimum Gasteiger partial charge on any atom is -0.488 e. The Morgan fingerprint density at radius 1 is 1.00 bits per heavy atom. The van der Waals surface area contributed by atoms with E-state index >= 15 is 0 Å². The molecule has 6 heteroatoms. The summed E-state index contributed by atoms with van der Waals surface area (Å²) in [7, 11) is 3.75. The van der Waals surface area contributed by atoms with Crippen LogP contribution >= 0.6 is 0 Å². The molecule has 0 aromatic heterocycles. The molecule has 19 heavy (non-hydrogen) atoms. The molecule has 0 unspecified atom stereocenters. The zero-order valence-electron chi connectivity index (χ0n) is 11.5. The number of rotatable bonds is 10. The van der Waals surface area contributed by atoms with Crippen molar-refractivity contribution in [3.8, 4) is 11.5 Å². The van der Waals surface area contributed by atoms with Gasteiger partial charge in [0.05, 0.1) is 0 Å². The monoisotopic (exact) mass is 269 g/mol. The van der Waals surface area contributed by atoms with Crippen molar-refractivity contribution in [2.75, 3.05) is 52.4 Å². The van der Waals surface area contributed by atoms with Crippen LogP contribution in [0, 0.1) is 0 Å². The first-order valence-electron chi connectivity index (χ1n) is 6.35. The molecule has 0 aliphatic heterocycles. The topological polar surface area (TPSA) is 74.8 Å². The second-order valence-corrected chi connectivity index (χ2v) is 3.90. The summed E-state index contributed by atoms with van der Waals surface area (Å²) >= 11 is 0. The van der Waals surface area contributed by atoms with E-state index in [0.29, 0.717) is 24.7 Å². The van der Waals surface area contributed by atoms with Gasteiger partial charge in [-0.3, -0.25) is 0 Å². The third-order valence-electron chi connectivity index (χ3n) is 2.45. The maximum atomic E-state index is 8.87. The zero-order chi connectivity index (χ0) is 13.9. The van der Waals surface area contributed by atoms with Crippen molar-refractivity contribution in [3.05, 3.63) is 18.2 Å². The van der Waals surface area contributed by atoms with Crippen molar-refractivity contribution < 1.29 is 14.6 Å². The van der Waals surface area contributed by atoms with Crippen molar-refractivity contribution >= 4 is 5.69 Å². The summed E-state index contributed by atoms with van der Waals surface area (Å²) in [4.78, 5) is 0. The molecule has 6 nitrogen and oxygen atoms in total. The molecule has 0 saturated heterocycles. The van der Waals surface area contributed by atoms with Crippen LogP contribution < -0.4 is 25.4 Å². The third-order valence-corrected chi connectivity index (χ3v) is 2.45. The highest BCUT2D eigenvalue weighted by Crippen LogP contribution is 2.30. The molecule has 0 aliphatic rings. The molecule has 1 aromatic rings. The summed E-state index contributed by atoms with van der Waals surface area (Å²) in [5.74, 6) is 1.37. The Bertz CT molecular complexity index is 361. The van der Waals surface area contributed by atoms with Crippen LogP contribution in [0.1, 0.15) is 0 Å². The van der Waals surface area contributed by atoms with Crippen molar-refractivity contribution in [3.63, 3.8) is 0 Å². The number of aliphatic hydroxyl groups excluding tert-OH is 1. The van der Waals surface area contributed by atoms with Gasteiger partial charge < -0.3 is 30.5 Å². The molecule has 0 radical (unpaired) electrons. The van der Waals surface area contributed by atoms with Gasteiger partial charge in [0.1, 0.15) is 19.9 Å². The number of anilines is 1. The molecule has 0 amide bonds. The average molecular weight is 269 g/mol. The van der Waals surface area contributed by atoms with Gasteiger partial charge in [-0.05, 0) is 26.2 Å². The largest absolute Gasteiger partial charge is 0.488 e. The van der Waals surface area contributed by atoms with E-state index in [4.69, 9.17) is 14.6 Å². The molecule has 0 spiro atoms. The Kier molecular flexibility index (Phi) is 7.72. The summed E-state index contributed by atoms with van der Waals surface area (Å²) in [6.07, 6.45) is 0. The van der Waals surface area contributed by atoms with Crippen LogP contribution in [0.5, 0.6) is 11.5 Å². The Labute approximate surface area is 114 Å². The van der Waals surface area contributed by atoms with E-state index in [9.17, 15) is 0 Å². The number of ether oxygens (including phenoxy) is 2. The van der Waals surface area contributed by atoms with Gasteiger partial charge in [0.25, 0.3) is 0 Å². The summed E-state index contributed by atoms with van der Waals surface area (Å²) < 4.78 is 11.3. The van der Waals surface area contributed by atoms with Crippen molar-refractivity contribution in [2.24, 2.45) is 0 Å². The van der Waals surface area contributed by atoms with Gasteiger partial charge in [-0.1, -0.05) is 0 Å². The maximum absolute atomic E-state index is 8.87. The standard InChI is InChI=1S/C13H23N3O3/c1-14-5-7-18-12-4-3-11(16-10-17)9-13(12)19-8-6-15-2/h3-4,9,14-17H,5-8,10H2,1-2H3.